The fraction of sp³-hybridized carbons (Fsp3) is 0.600. The number of anilines is 1. The molecular formula is C10H13ClF2N4O2S. The normalized spacial score (nSPS) is 19.0. The van der Waals surface area contributed by atoms with Gasteiger partial charge in [0.25, 0.3) is 0 Å². The summed E-state index contributed by atoms with van der Waals surface area (Å²) in [5.41, 5.74) is 0. The summed E-state index contributed by atoms with van der Waals surface area (Å²) in [7, 11) is 4.04. The topological polar surface area (TPSA) is 67.4 Å². The molecule has 1 saturated heterocycles. The Morgan fingerprint density at radius 2 is 2.00 bits per heavy atom. The highest BCUT2D eigenvalue weighted by Gasteiger charge is 2.22. The molecule has 1 aromatic heterocycles. The van der Waals surface area contributed by atoms with Gasteiger partial charge < -0.3 is 10.1 Å². The Hall–Kier alpha value is -1.06. The first-order chi connectivity index (χ1) is 9.54. The zero-order chi connectivity index (χ0) is 14.5. The Morgan fingerprint density at radius 1 is 1.40 bits per heavy atom. The average Bonchev–Trinajstić information content (AvgIpc) is 2.41. The van der Waals surface area contributed by atoms with Crippen LogP contribution in [-0.4, -0.2) is 44.2 Å². The van der Waals surface area contributed by atoms with Crippen LogP contribution in [0.4, 0.5) is 14.7 Å². The second-order valence-corrected chi connectivity index (χ2v) is 5.90. The standard InChI is InChI=1S/C10H13ClF2N4O2S/c11-20(18)17-3-1-7(2-4-17)16-10-14-5-8(6-15-10)19-9(12)13/h5-7,9H,1-4H2,(H,14,15,16). The van der Waals surface area contributed by atoms with E-state index in [1.54, 1.807) is 4.31 Å². The zero-order valence-electron chi connectivity index (χ0n) is 10.3. The number of piperidine rings is 1. The predicted molar refractivity (Wildman–Crippen MR) is 70.9 cm³/mol. The van der Waals surface area contributed by atoms with Crippen molar-refractivity contribution in [1.82, 2.24) is 14.3 Å². The molecule has 112 valence electrons. The third-order valence-corrected chi connectivity index (χ3v) is 4.20. The number of rotatable bonds is 5. The summed E-state index contributed by atoms with van der Waals surface area (Å²) < 4.78 is 40.8. The van der Waals surface area contributed by atoms with Crippen LogP contribution in [0.1, 0.15) is 12.8 Å². The Morgan fingerprint density at radius 3 is 2.50 bits per heavy atom. The van der Waals surface area contributed by atoms with Crippen molar-refractivity contribution in [2.75, 3.05) is 18.4 Å². The highest BCUT2D eigenvalue weighted by atomic mass is 35.7. The van der Waals surface area contributed by atoms with Crippen LogP contribution in [0.25, 0.3) is 0 Å². The molecule has 6 nitrogen and oxygen atoms in total. The summed E-state index contributed by atoms with van der Waals surface area (Å²) in [5.74, 6) is 0.259. The molecule has 1 aliphatic heterocycles. The van der Waals surface area contributed by atoms with Crippen molar-refractivity contribution in [2.45, 2.75) is 25.5 Å². The minimum atomic E-state index is -2.89. The Balaban J connectivity index is 1.83. The van der Waals surface area contributed by atoms with Crippen molar-refractivity contribution in [2.24, 2.45) is 0 Å². The van der Waals surface area contributed by atoms with Gasteiger partial charge in [-0.2, -0.15) is 8.78 Å². The van der Waals surface area contributed by atoms with Crippen molar-refractivity contribution >= 4 is 26.8 Å². The van der Waals surface area contributed by atoms with Gasteiger partial charge in [-0.1, -0.05) is 0 Å². The van der Waals surface area contributed by atoms with Crippen LogP contribution in [0, 0.1) is 0 Å². The van der Waals surface area contributed by atoms with Crippen molar-refractivity contribution in [3.8, 4) is 5.75 Å². The van der Waals surface area contributed by atoms with E-state index in [-0.39, 0.29) is 11.8 Å². The molecular weight excluding hydrogens is 314 g/mol. The molecule has 0 aliphatic carbocycles. The van der Waals surface area contributed by atoms with Crippen molar-refractivity contribution in [3.05, 3.63) is 12.4 Å². The van der Waals surface area contributed by atoms with E-state index in [2.05, 4.69) is 20.0 Å². The molecule has 1 unspecified atom stereocenters. The Bertz CT molecular complexity index is 457. The summed E-state index contributed by atoms with van der Waals surface area (Å²) in [5, 5.41) is 3.09. The number of halogens is 3. The smallest absolute Gasteiger partial charge is 0.387 e. The fourth-order valence-electron chi connectivity index (χ4n) is 1.88. The molecule has 0 aromatic carbocycles. The minimum absolute atomic E-state index is 0.0853. The van der Waals surface area contributed by atoms with Crippen molar-refractivity contribution in [3.63, 3.8) is 0 Å². The van der Waals surface area contributed by atoms with Gasteiger partial charge in [-0.25, -0.2) is 18.5 Å². The highest BCUT2D eigenvalue weighted by Crippen LogP contribution is 2.17. The quantitative estimate of drug-likeness (QED) is 0.835. The van der Waals surface area contributed by atoms with E-state index in [0.717, 1.165) is 12.8 Å². The van der Waals surface area contributed by atoms with Crippen LogP contribution in [0.15, 0.2) is 12.4 Å². The first-order valence-corrected chi connectivity index (χ1v) is 7.84. The third-order valence-electron chi connectivity index (χ3n) is 2.84. The molecule has 1 fully saturated rings. The molecule has 10 heteroatoms. The average molecular weight is 327 g/mol. The minimum Gasteiger partial charge on any atom is -0.432 e. The Kier molecular flexibility index (Phi) is 5.44. The maximum Gasteiger partial charge on any atom is 0.387 e. The van der Waals surface area contributed by atoms with Crippen LogP contribution in [0.2, 0.25) is 0 Å². The molecule has 1 atom stereocenters. The van der Waals surface area contributed by atoms with E-state index in [9.17, 15) is 13.0 Å². The summed E-state index contributed by atoms with van der Waals surface area (Å²) >= 11 is 0. The van der Waals surface area contributed by atoms with Gasteiger partial charge in [-0.3, -0.25) is 0 Å². The monoisotopic (exact) mass is 326 g/mol. The maximum atomic E-state index is 12.0. The lowest BCUT2D eigenvalue weighted by Gasteiger charge is -2.29. The summed E-state index contributed by atoms with van der Waals surface area (Å²) in [6.07, 6.45) is 3.86. The number of alkyl halides is 2. The van der Waals surface area contributed by atoms with Gasteiger partial charge in [0.1, 0.15) is 0 Å². The van der Waals surface area contributed by atoms with Gasteiger partial charge in [0.05, 0.1) is 12.4 Å². The van der Waals surface area contributed by atoms with Crippen molar-refractivity contribution < 1.29 is 17.7 Å². The third kappa shape index (κ3) is 4.50. The number of nitrogens with zero attached hydrogens (tertiary/aromatic N) is 3. The van der Waals surface area contributed by atoms with Gasteiger partial charge in [-0.15, -0.1) is 0 Å². The maximum absolute atomic E-state index is 12.0. The van der Waals surface area contributed by atoms with E-state index in [4.69, 9.17) is 10.7 Å². The van der Waals surface area contributed by atoms with Crippen LogP contribution < -0.4 is 10.1 Å². The first kappa shape index (κ1) is 15.3. The van der Waals surface area contributed by atoms with Gasteiger partial charge in [0.15, 0.2) is 15.9 Å². The van der Waals surface area contributed by atoms with E-state index in [0.29, 0.717) is 19.0 Å². The van der Waals surface area contributed by atoms with E-state index >= 15 is 0 Å². The van der Waals surface area contributed by atoms with Gasteiger partial charge in [0, 0.05) is 29.8 Å². The van der Waals surface area contributed by atoms with Gasteiger partial charge in [-0.05, 0) is 12.8 Å². The van der Waals surface area contributed by atoms with Crippen molar-refractivity contribution in [1.29, 1.82) is 0 Å². The molecule has 20 heavy (non-hydrogen) atoms. The molecule has 1 aliphatic rings. The number of ether oxygens (including phenoxy) is 1. The second kappa shape index (κ2) is 7.09. The fourth-order valence-corrected chi connectivity index (χ4v) is 2.79. The van der Waals surface area contributed by atoms with E-state index < -0.39 is 16.8 Å². The summed E-state index contributed by atoms with van der Waals surface area (Å²) in [6, 6.07) is 0.133. The zero-order valence-corrected chi connectivity index (χ0v) is 11.9. The molecule has 0 radical (unpaired) electrons. The Labute approximate surface area is 121 Å². The summed E-state index contributed by atoms with van der Waals surface area (Å²) in [4.78, 5) is 7.80. The van der Waals surface area contributed by atoms with E-state index in [1.165, 1.54) is 12.4 Å². The second-order valence-electron chi connectivity index (χ2n) is 4.18. The number of aromatic nitrogens is 2. The first-order valence-electron chi connectivity index (χ1n) is 5.91. The SMILES string of the molecule is O=S(Cl)N1CCC(Nc2ncc(OC(F)F)cn2)CC1. The van der Waals surface area contributed by atoms with Crippen LogP contribution in [0.3, 0.4) is 0 Å². The molecule has 0 amide bonds. The lowest BCUT2D eigenvalue weighted by Crippen LogP contribution is -2.38. The number of hydrogen-bond donors (Lipinski definition) is 1. The molecule has 0 saturated carbocycles. The molecule has 0 spiro atoms. The van der Waals surface area contributed by atoms with Crippen LogP contribution in [0.5, 0.6) is 5.75 Å². The largest absolute Gasteiger partial charge is 0.432 e. The lowest BCUT2D eigenvalue weighted by atomic mass is 10.1. The summed E-state index contributed by atoms with van der Waals surface area (Å²) in [6.45, 7) is -1.67. The van der Waals surface area contributed by atoms with Gasteiger partial charge >= 0.3 is 6.61 Å². The lowest BCUT2D eigenvalue weighted by molar-refractivity contribution is -0.0503. The highest BCUT2D eigenvalue weighted by molar-refractivity contribution is 8.06. The van der Waals surface area contributed by atoms with Gasteiger partial charge in [0.2, 0.25) is 5.95 Å². The predicted octanol–water partition coefficient (Wildman–Crippen LogP) is 1.77. The number of hydrogen-bond acceptors (Lipinski definition) is 5. The van der Waals surface area contributed by atoms with Crippen LogP contribution in [-0.2, 0) is 10.2 Å². The molecule has 1 N–H and O–H groups in total. The van der Waals surface area contributed by atoms with Crippen LogP contribution >= 0.6 is 10.7 Å². The number of nitrogens with one attached hydrogen (secondary N) is 1. The van der Waals surface area contributed by atoms with E-state index in [1.807, 2.05) is 0 Å². The molecule has 2 heterocycles. The molecule has 2 rings (SSSR count). The molecule has 0 bridgehead atoms. The molecule has 1 aromatic rings.